The Kier molecular flexibility index (Phi) is 3.72. The Bertz CT molecular complexity index is 581. The Balaban J connectivity index is 1.97. The molecule has 0 unspecified atom stereocenters. The molecule has 0 heterocycles. The molecule has 0 bridgehead atoms. The van der Waals surface area contributed by atoms with E-state index in [0.29, 0.717) is 5.69 Å². The number of nitro benzene ring substituents is 1. The quantitative estimate of drug-likeness (QED) is 0.676. The average Bonchev–Trinajstić information content (AvgIpc) is 2.40. The van der Waals surface area contributed by atoms with E-state index in [9.17, 15) is 14.9 Å². The first-order valence-corrected chi connectivity index (χ1v) is 5.35. The second-order valence-electron chi connectivity index (χ2n) is 3.54. The Labute approximate surface area is 108 Å². The van der Waals surface area contributed by atoms with E-state index >= 15 is 0 Å². The molecule has 1 radical (unpaired) electrons. The maximum Gasteiger partial charge on any atom is 0.417 e. The molecular formula is C13H9N2O4. The van der Waals surface area contributed by atoms with E-state index in [2.05, 4.69) is 11.4 Å². The van der Waals surface area contributed by atoms with Crippen molar-refractivity contribution in [1.29, 1.82) is 0 Å². The molecule has 0 saturated heterocycles. The summed E-state index contributed by atoms with van der Waals surface area (Å²) in [5.74, 6) is 0.221. The highest BCUT2D eigenvalue weighted by atomic mass is 16.6. The molecule has 0 atom stereocenters. The van der Waals surface area contributed by atoms with Crippen molar-refractivity contribution in [2.24, 2.45) is 0 Å². The molecule has 2 aromatic rings. The molecule has 0 aliphatic carbocycles. The van der Waals surface area contributed by atoms with E-state index in [1.54, 1.807) is 24.3 Å². The van der Waals surface area contributed by atoms with Crippen LogP contribution in [0.15, 0.2) is 48.5 Å². The van der Waals surface area contributed by atoms with Crippen LogP contribution in [-0.4, -0.2) is 11.0 Å². The van der Waals surface area contributed by atoms with Crippen LogP contribution in [0.5, 0.6) is 5.75 Å². The third kappa shape index (κ3) is 3.53. The number of rotatable bonds is 3. The largest absolute Gasteiger partial charge is 0.417 e. The molecular weight excluding hydrogens is 248 g/mol. The second-order valence-corrected chi connectivity index (χ2v) is 3.54. The predicted molar refractivity (Wildman–Crippen MR) is 68.0 cm³/mol. The molecule has 2 rings (SSSR count). The monoisotopic (exact) mass is 257 g/mol. The van der Waals surface area contributed by atoms with Crippen molar-refractivity contribution < 1.29 is 14.5 Å². The van der Waals surface area contributed by atoms with Crippen molar-refractivity contribution in [3.05, 3.63) is 64.7 Å². The molecule has 1 N–H and O–H groups in total. The maximum absolute atomic E-state index is 11.5. The van der Waals surface area contributed by atoms with E-state index in [1.165, 1.54) is 24.3 Å². The third-order valence-corrected chi connectivity index (χ3v) is 2.20. The minimum absolute atomic E-state index is 0.0656. The first-order chi connectivity index (χ1) is 9.15. The van der Waals surface area contributed by atoms with E-state index in [1.807, 2.05) is 0 Å². The summed E-state index contributed by atoms with van der Waals surface area (Å²) in [6.45, 7) is 0. The molecule has 0 spiro atoms. The van der Waals surface area contributed by atoms with Crippen molar-refractivity contribution >= 4 is 17.5 Å². The van der Waals surface area contributed by atoms with Crippen LogP contribution in [0.2, 0.25) is 0 Å². The van der Waals surface area contributed by atoms with Gasteiger partial charge in [-0.2, -0.15) is 0 Å². The molecule has 95 valence electrons. The van der Waals surface area contributed by atoms with Gasteiger partial charge in [0.2, 0.25) is 0 Å². The number of hydrogen-bond donors (Lipinski definition) is 1. The molecule has 1 amide bonds. The van der Waals surface area contributed by atoms with Crippen molar-refractivity contribution in [3.8, 4) is 5.75 Å². The topological polar surface area (TPSA) is 81.5 Å². The fraction of sp³-hybridized carbons (Fsp3) is 0. The summed E-state index contributed by atoms with van der Waals surface area (Å²) in [5.41, 5.74) is 0.415. The smallest absolute Gasteiger partial charge is 0.410 e. The second kappa shape index (κ2) is 5.63. The number of hydrogen-bond acceptors (Lipinski definition) is 4. The number of carbonyl (C=O) groups excluding carboxylic acids is 1. The minimum Gasteiger partial charge on any atom is -0.410 e. The van der Waals surface area contributed by atoms with Crippen LogP contribution in [0.3, 0.4) is 0 Å². The number of ether oxygens (including phenoxy) is 1. The zero-order chi connectivity index (χ0) is 13.7. The SMILES string of the molecule is O=C(Nc1[c]cccc1)Oc1ccc([N+](=O)[O-])cc1. The zero-order valence-electron chi connectivity index (χ0n) is 9.70. The molecule has 0 aromatic heterocycles. The molecule has 0 aliphatic heterocycles. The first-order valence-electron chi connectivity index (χ1n) is 5.35. The van der Waals surface area contributed by atoms with Crippen LogP contribution in [0, 0.1) is 16.2 Å². The van der Waals surface area contributed by atoms with E-state index in [4.69, 9.17) is 4.74 Å². The number of non-ortho nitro benzene ring substituents is 1. The van der Waals surface area contributed by atoms with Gasteiger partial charge in [-0.15, -0.1) is 0 Å². The molecule has 0 aliphatic rings. The number of nitrogens with one attached hydrogen (secondary N) is 1. The standard InChI is InChI=1S/C13H9N2O4/c16-13(14-10-4-2-1-3-5-10)19-12-8-6-11(7-9-12)15(17)18/h1-4,6-9H,(H,14,16). The van der Waals surface area contributed by atoms with Crippen molar-refractivity contribution in [2.45, 2.75) is 0 Å². The van der Waals surface area contributed by atoms with Gasteiger partial charge in [-0.3, -0.25) is 15.4 Å². The molecule has 6 heteroatoms. The van der Waals surface area contributed by atoms with Crippen molar-refractivity contribution in [2.75, 3.05) is 5.32 Å². The number of nitrogens with zero attached hydrogens (tertiary/aromatic N) is 1. The van der Waals surface area contributed by atoms with Gasteiger partial charge in [0.05, 0.1) is 10.6 Å². The summed E-state index contributed by atoms with van der Waals surface area (Å²) in [6, 6.07) is 14.9. The summed E-state index contributed by atoms with van der Waals surface area (Å²) < 4.78 is 4.96. The zero-order valence-corrected chi connectivity index (χ0v) is 9.70. The van der Waals surface area contributed by atoms with Crippen LogP contribution >= 0.6 is 0 Å². The highest BCUT2D eigenvalue weighted by molar-refractivity contribution is 5.86. The number of para-hydroxylation sites is 1. The van der Waals surface area contributed by atoms with Crippen molar-refractivity contribution in [3.63, 3.8) is 0 Å². The fourth-order valence-corrected chi connectivity index (χ4v) is 1.35. The lowest BCUT2D eigenvalue weighted by Gasteiger charge is -2.05. The van der Waals surface area contributed by atoms with Crippen LogP contribution in [0.4, 0.5) is 16.2 Å². The fourth-order valence-electron chi connectivity index (χ4n) is 1.35. The lowest BCUT2D eigenvalue weighted by atomic mass is 10.3. The van der Waals surface area contributed by atoms with Crippen molar-refractivity contribution in [1.82, 2.24) is 0 Å². The Hall–Kier alpha value is -2.89. The Morgan fingerprint density at radius 3 is 2.53 bits per heavy atom. The maximum atomic E-state index is 11.5. The lowest BCUT2D eigenvalue weighted by Crippen LogP contribution is -2.16. The summed E-state index contributed by atoms with van der Waals surface area (Å²) in [7, 11) is 0. The molecule has 6 nitrogen and oxygen atoms in total. The van der Waals surface area contributed by atoms with Gasteiger partial charge >= 0.3 is 6.09 Å². The molecule has 19 heavy (non-hydrogen) atoms. The van der Waals surface area contributed by atoms with Gasteiger partial charge in [0.25, 0.3) is 5.69 Å². The number of benzene rings is 2. The number of amides is 1. The number of carbonyl (C=O) groups is 1. The summed E-state index contributed by atoms with van der Waals surface area (Å²) >= 11 is 0. The number of anilines is 1. The summed E-state index contributed by atoms with van der Waals surface area (Å²) in [4.78, 5) is 21.4. The van der Waals surface area contributed by atoms with Gasteiger partial charge in [-0.1, -0.05) is 18.2 Å². The van der Waals surface area contributed by atoms with Gasteiger partial charge in [0.15, 0.2) is 0 Å². The van der Waals surface area contributed by atoms with Gasteiger partial charge in [0.1, 0.15) is 5.75 Å². The molecule has 0 fully saturated rings. The van der Waals surface area contributed by atoms with Crippen LogP contribution in [0.1, 0.15) is 0 Å². The Morgan fingerprint density at radius 2 is 1.95 bits per heavy atom. The predicted octanol–water partition coefficient (Wildman–Crippen LogP) is 3.01. The van der Waals surface area contributed by atoms with Gasteiger partial charge in [0, 0.05) is 18.2 Å². The minimum atomic E-state index is -0.684. The normalized spacial score (nSPS) is 9.68. The first kappa shape index (κ1) is 12.6. The van der Waals surface area contributed by atoms with Gasteiger partial charge in [-0.25, -0.2) is 4.79 Å². The highest BCUT2D eigenvalue weighted by Gasteiger charge is 2.08. The number of nitro groups is 1. The Morgan fingerprint density at radius 1 is 1.21 bits per heavy atom. The van der Waals surface area contributed by atoms with E-state index in [0.717, 1.165) is 0 Å². The van der Waals surface area contributed by atoms with E-state index < -0.39 is 11.0 Å². The van der Waals surface area contributed by atoms with Crippen LogP contribution < -0.4 is 10.1 Å². The van der Waals surface area contributed by atoms with E-state index in [-0.39, 0.29) is 11.4 Å². The van der Waals surface area contributed by atoms with Crippen LogP contribution in [-0.2, 0) is 0 Å². The molecule has 2 aromatic carbocycles. The van der Waals surface area contributed by atoms with Crippen LogP contribution in [0.25, 0.3) is 0 Å². The molecule has 0 saturated carbocycles. The van der Waals surface area contributed by atoms with Gasteiger partial charge < -0.3 is 4.74 Å². The third-order valence-electron chi connectivity index (χ3n) is 2.20. The average molecular weight is 257 g/mol. The summed E-state index contributed by atoms with van der Waals surface area (Å²) in [5, 5.41) is 12.9. The van der Waals surface area contributed by atoms with Gasteiger partial charge in [-0.05, 0) is 18.2 Å². The lowest BCUT2D eigenvalue weighted by molar-refractivity contribution is -0.384. The summed E-state index contributed by atoms with van der Waals surface area (Å²) in [6.07, 6.45) is -0.684. The highest BCUT2D eigenvalue weighted by Crippen LogP contribution is 2.17.